The highest BCUT2D eigenvalue weighted by Crippen LogP contribution is 2.32. The number of phenols is 1. The van der Waals surface area contributed by atoms with Crippen molar-refractivity contribution in [3.8, 4) is 17.2 Å². The molecule has 4 nitrogen and oxygen atoms in total. The quantitative estimate of drug-likeness (QED) is 0.525. The van der Waals surface area contributed by atoms with Gasteiger partial charge < -0.3 is 14.6 Å². The first kappa shape index (κ1) is 20.7. The molecule has 0 aliphatic carbocycles. The molecule has 3 aromatic carbocycles. The summed E-state index contributed by atoms with van der Waals surface area (Å²) in [6.45, 7) is 5.33. The van der Waals surface area contributed by atoms with Crippen LogP contribution < -0.4 is 9.47 Å². The third kappa shape index (κ3) is 6.00. The van der Waals surface area contributed by atoms with Crippen molar-refractivity contribution in [2.45, 2.75) is 26.5 Å². The normalized spacial score (nSPS) is 10.9. The van der Waals surface area contributed by atoms with Crippen molar-refractivity contribution < 1.29 is 14.6 Å². The molecule has 0 aromatic heterocycles. The number of para-hydroxylation sites is 1. The van der Waals surface area contributed by atoms with Gasteiger partial charge in [-0.1, -0.05) is 61.5 Å². The van der Waals surface area contributed by atoms with Crippen molar-refractivity contribution in [1.29, 1.82) is 0 Å². The van der Waals surface area contributed by atoms with E-state index >= 15 is 0 Å². The molecular weight excluding hydrogens is 362 g/mol. The zero-order valence-electron chi connectivity index (χ0n) is 17.2. The summed E-state index contributed by atoms with van der Waals surface area (Å²) < 4.78 is 11.8. The van der Waals surface area contributed by atoms with Crippen LogP contribution in [0.15, 0.2) is 72.8 Å². The Labute approximate surface area is 173 Å². The maximum atomic E-state index is 9.45. The molecule has 1 N–H and O–H groups in total. The summed E-state index contributed by atoms with van der Waals surface area (Å²) in [5.74, 6) is 1.87. The van der Waals surface area contributed by atoms with E-state index in [1.165, 1.54) is 5.56 Å². The number of likely N-dealkylation sites (N-methyl/N-ethyl adjacent to an activating group) is 1. The minimum atomic E-state index is 0.303. The lowest BCUT2D eigenvalue weighted by atomic mass is 10.1. The Morgan fingerprint density at radius 3 is 2.31 bits per heavy atom. The smallest absolute Gasteiger partial charge is 0.166 e. The lowest BCUT2D eigenvalue weighted by molar-refractivity contribution is 0.256. The molecular formula is C25H29NO3. The Morgan fingerprint density at radius 1 is 0.862 bits per heavy atom. The maximum absolute atomic E-state index is 9.45. The van der Waals surface area contributed by atoms with Gasteiger partial charge in [-0.15, -0.1) is 0 Å². The van der Waals surface area contributed by atoms with E-state index < -0.39 is 0 Å². The van der Waals surface area contributed by atoms with Gasteiger partial charge in [0.25, 0.3) is 0 Å². The molecule has 0 atom stereocenters. The number of methoxy groups -OCH3 is 1. The molecule has 0 bridgehead atoms. The van der Waals surface area contributed by atoms with Crippen LogP contribution in [-0.2, 0) is 19.6 Å². The minimum Gasteiger partial charge on any atom is -0.508 e. The van der Waals surface area contributed by atoms with E-state index in [1.54, 1.807) is 19.2 Å². The third-order valence-corrected chi connectivity index (χ3v) is 5.00. The SMILES string of the molecule is CCN(CCc1ccc(O)cc1)Cc1cccc(OC)c1OCc1ccccc1. The van der Waals surface area contributed by atoms with Gasteiger partial charge in [0.1, 0.15) is 12.4 Å². The molecule has 0 unspecified atom stereocenters. The number of ether oxygens (including phenoxy) is 2. The molecule has 3 rings (SSSR count). The second kappa shape index (κ2) is 10.5. The average molecular weight is 392 g/mol. The lowest BCUT2D eigenvalue weighted by Gasteiger charge is -2.23. The Balaban J connectivity index is 1.69. The molecule has 0 spiro atoms. The zero-order valence-corrected chi connectivity index (χ0v) is 17.2. The number of hydrogen-bond donors (Lipinski definition) is 1. The second-order valence-corrected chi connectivity index (χ2v) is 7.01. The number of aromatic hydroxyl groups is 1. The van der Waals surface area contributed by atoms with Crippen LogP contribution in [0.5, 0.6) is 17.2 Å². The highest BCUT2D eigenvalue weighted by molar-refractivity contribution is 5.46. The molecule has 0 saturated heterocycles. The van der Waals surface area contributed by atoms with Crippen molar-refractivity contribution in [1.82, 2.24) is 4.90 Å². The Bertz CT molecular complexity index is 878. The van der Waals surface area contributed by atoms with Gasteiger partial charge in [-0.3, -0.25) is 4.90 Å². The van der Waals surface area contributed by atoms with E-state index in [1.807, 2.05) is 42.5 Å². The fraction of sp³-hybridized carbons (Fsp3) is 0.280. The van der Waals surface area contributed by atoms with Gasteiger partial charge in [0.05, 0.1) is 7.11 Å². The summed E-state index contributed by atoms with van der Waals surface area (Å²) in [6, 6.07) is 23.6. The molecule has 0 radical (unpaired) electrons. The van der Waals surface area contributed by atoms with Crippen LogP contribution >= 0.6 is 0 Å². The average Bonchev–Trinajstić information content (AvgIpc) is 2.77. The van der Waals surface area contributed by atoms with Crippen molar-refractivity contribution in [2.24, 2.45) is 0 Å². The minimum absolute atomic E-state index is 0.303. The number of nitrogens with zero attached hydrogens (tertiary/aromatic N) is 1. The van der Waals surface area contributed by atoms with Crippen LogP contribution in [-0.4, -0.2) is 30.2 Å². The van der Waals surface area contributed by atoms with Crippen LogP contribution in [0.25, 0.3) is 0 Å². The Morgan fingerprint density at radius 2 is 1.62 bits per heavy atom. The first-order valence-electron chi connectivity index (χ1n) is 10.0. The third-order valence-electron chi connectivity index (χ3n) is 5.00. The summed E-state index contributed by atoms with van der Waals surface area (Å²) in [4.78, 5) is 2.39. The van der Waals surface area contributed by atoms with Gasteiger partial charge in [-0.2, -0.15) is 0 Å². The van der Waals surface area contributed by atoms with E-state index in [0.29, 0.717) is 12.4 Å². The van der Waals surface area contributed by atoms with Gasteiger partial charge >= 0.3 is 0 Å². The summed E-state index contributed by atoms with van der Waals surface area (Å²) >= 11 is 0. The van der Waals surface area contributed by atoms with Gasteiger partial charge in [0, 0.05) is 18.7 Å². The standard InChI is InChI=1S/C25H29NO3/c1-3-26(17-16-20-12-14-23(27)15-13-20)18-22-10-7-11-24(28-2)25(22)29-19-21-8-5-4-6-9-21/h4-15,27H,3,16-19H2,1-2H3. The predicted octanol–water partition coefficient (Wildman–Crippen LogP) is 5.04. The van der Waals surface area contributed by atoms with E-state index in [4.69, 9.17) is 9.47 Å². The predicted molar refractivity (Wildman–Crippen MR) is 117 cm³/mol. The number of phenolic OH excluding ortho intramolecular Hbond substituents is 1. The Kier molecular flexibility index (Phi) is 7.54. The summed E-state index contributed by atoms with van der Waals surface area (Å²) in [6.07, 6.45) is 0.929. The lowest BCUT2D eigenvalue weighted by Crippen LogP contribution is -2.25. The fourth-order valence-electron chi connectivity index (χ4n) is 3.28. The molecule has 4 heteroatoms. The fourth-order valence-corrected chi connectivity index (χ4v) is 3.28. The van der Waals surface area contributed by atoms with Crippen molar-refractivity contribution in [3.05, 3.63) is 89.5 Å². The highest BCUT2D eigenvalue weighted by atomic mass is 16.5. The molecule has 0 aliphatic heterocycles. The largest absolute Gasteiger partial charge is 0.508 e. The molecule has 3 aromatic rings. The van der Waals surface area contributed by atoms with Gasteiger partial charge in [0.15, 0.2) is 11.5 Å². The van der Waals surface area contributed by atoms with Gasteiger partial charge in [0.2, 0.25) is 0 Å². The summed E-state index contributed by atoms with van der Waals surface area (Å²) in [7, 11) is 1.68. The van der Waals surface area contributed by atoms with Crippen LogP contribution in [0.1, 0.15) is 23.6 Å². The number of hydrogen-bond acceptors (Lipinski definition) is 4. The molecule has 152 valence electrons. The van der Waals surface area contributed by atoms with Crippen LogP contribution in [0, 0.1) is 0 Å². The summed E-state index contributed by atoms with van der Waals surface area (Å²) in [5.41, 5.74) is 3.46. The van der Waals surface area contributed by atoms with E-state index in [0.717, 1.165) is 48.7 Å². The molecule has 0 fully saturated rings. The topological polar surface area (TPSA) is 41.9 Å². The first-order chi connectivity index (χ1) is 14.2. The summed E-state index contributed by atoms with van der Waals surface area (Å²) in [5, 5.41) is 9.45. The Hall–Kier alpha value is -2.98. The van der Waals surface area contributed by atoms with Gasteiger partial charge in [-0.05, 0) is 42.3 Å². The molecule has 0 amide bonds. The number of rotatable bonds is 10. The van der Waals surface area contributed by atoms with E-state index in [2.05, 4.69) is 30.0 Å². The van der Waals surface area contributed by atoms with Crippen molar-refractivity contribution in [2.75, 3.05) is 20.2 Å². The number of benzene rings is 3. The molecule has 0 aliphatic rings. The molecule has 29 heavy (non-hydrogen) atoms. The first-order valence-corrected chi connectivity index (χ1v) is 10.0. The van der Waals surface area contributed by atoms with Crippen LogP contribution in [0.4, 0.5) is 0 Å². The molecule has 0 heterocycles. The molecule has 0 saturated carbocycles. The van der Waals surface area contributed by atoms with Crippen LogP contribution in [0.2, 0.25) is 0 Å². The van der Waals surface area contributed by atoms with Crippen molar-refractivity contribution >= 4 is 0 Å². The highest BCUT2D eigenvalue weighted by Gasteiger charge is 2.14. The van der Waals surface area contributed by atoms with E-state index in [9.17, 15) is 5.11 Å². The van der Waals surface area contributed by atoms with Gasteiger partial charge in [-0.25, -0.2) is 0 Å². The second-order valence-electron chi connectivity index (χ2n) is 7.01. The van der Waals surface area contributed by atoms with Crippen molar-refractivity contribution in [3.63, 3.8) is 0 Å². The monoisotopic (exact) mass is 391 g/mol. The zero-order chi connectivity index (χ0) is 20.5. The maximum Gasteiger partial charge on any atom is 0.166 e. The van der Waals surface area contributed by atoms with E-state index in [-0.39, 0.29) is 0 Å². The van der Waals surface area contributed by atoms with Crippen LogP contribution in [0.3, 0.4) is 0 Å².